The van der Waals surface area contributed by atoms with Gasteiger partial charge < -0.3 is 9.73 Å². The first-order valence-electron chi connectivity index (χ1n) is 5.08. The molecule has 1 amide bonds. The summed E-state index contributed by atoms with van der Waals surface area (Å²) in [6.45, 7) is 4.15. The smallest absolute Gasteiger partial charge is 0.395 e. The lowest BCUT2D eigenvalue weighted by atomic mass is 10.1. The third-order valence-corrected chi connectivity index (χ3v) is 2.83. The maximum Gasteiger partial charge on any atom is 0.433 e. The van der Waals surface area contributed by atoms with E-state index in [4.69, 9.17) is 16.0 Å². The van der Waals surface area contributed by atoms with Crippen LogP contribution in [0.4, 0.5) is 5.88 Å². The molecule has 7 heteroatoms. The molecule has 0 saturated carbocycles. The fraction of sp³-hybridized carbons (Fsp3) is 0.500. The predicted molar refractivity (Wildman–Crippen MR) is 62.2 cm³/mol. The fourth-order valence-electron chi connectivity index (χ4n) is 1.06. The van der Waals surface area contributed by atoms with Crippen LogP contribution in [0.2, 0.25) is 0 Å². The predicted octanol–water partition coefficient (Wildman–Crippen LogP) is 2.18. The van der Waals surface area contributed by atoms with Crippen molar-refractivity contribution in [3.63, 3.8) is 0 Å². The standard InChI is InChI=1S/C10H13ClN2O4/c1-6(2)7(11)5-12-10(14)8-3-4-9(17-8)13(15)16/h3-4,6-7H,5H2,1-2H3,(H,12,14). The molecule has 1 aromatic heterocycles. The highest BCUT2D eigenvalue weighted by Gasteiger charge is 2.18. The number of nitro groups is 1. The number of alkyl halides is 1. The summed E-state index contributed by atoms with van der Waals surface area (Å²) in [5, 5.41) is 12.7. The number of carbonyl (C=O) groups excluding carboxylic acids is 1. The molecule has 1 N–H and O–H groups in total. The van der Waals surface area contributed by atoms with Gasteiger partial charge in [-0.25, -0.2) is 0 Å². The zero-order valence-corrected chi connectivity index (χ0v) is 10.2. The minimum atomic E-state index is -0.699. The van der Waals surface area contributed by atoms with E-state index in [1.54, 1.807) is 0 Å². The van der Waals surface area contributed by atoms with Gasteiger partial charge in [-0.1, -0.05) is 13.8 Å². The van der Waals surface area contributed by atoms with Gasteiger partial charge in [-0.2, -0.15) is 0 Å². The summed E-state index contributed by atoms with van der Waals surface area (Å²) in [5.74, 6) is -0.835. The average Bonchev–Trinajstić information content (AvgIpc) is 2.74. The van der Waals surface area contributed by atoms with E-state index in [0.29, 0.717) is 0 Å². The zero-order chi connectivity index (χ0) is 13.0. The van der Waals surface area contributed by atoms with Gasteiger partial charge in [-0.3, -0.25) is 14.9 Å². The lowest BCUT2D eigenvalue weighted by molar-refractivity contribution is -0.402. The van der Waals surface area contributed by atoms with Crippen molar-refractivity contribution >= 4 is 23.4 Å². The zero-order valence-electron chi connectivity index (χ0n) is 9.47. The number of furan rings is 1. The Bertz CT molecular complexity index is 416. The summed E-state index contributed by atoms with van der Waals surface area (Å²) >= 11 is 5.95. The summed E-state index contributed by atoms with van der Waals surface area (Å²) in [4.78, 5) is 21.2. The molecule has 1 rings (SSSR count). The minimum absolute atomic E-state index is 0.0932. The van der Waals surface area contributed by atoms with E-state index in [2.05, 4.69) is 5.32 Å². The van der Waals surface area contributed by atoms with Crippen LogP contribution in [0.15, 0.2) is 16.5 Å². The quantitative estimate of drug-likeness (QED) is 0.499. The topological polar surface area (TPSA) is 85.4 Å². The van der Waals surface area contributed by atoms with Gasteiger partial charge in [0, 0.05) is 6.54 Å². The van der Waals surface area contributed by atoms with Crippen LogP contribution in [0.3, 0.4) is 0 Å². The van der Waals surface area contributed by atoms with Crippen LogP contribution in [0, 0.1) is 16.0 Å². The molecule has 94 valence electrons. The second-order valence-corrected chi connectivity index (χ2v) is 4.43. The van der Waals surface area contributed by atoms with Gasteiger partial charge in [0.05, 0.1) is 11.4 Å². The first-order valence-corrected chi connectivity index (χ1v) is 5.52. The van der Waals surface area contributed by atoms with Crippen molar-refractivity contribution in [1.29, 1.82) is 0 Å². The van der Waals surface area contributed by atoms with E-state index >= 15 is 0 Å². The lowest BCUT2D eigenvalue weighted by Gasteiger charge is -2.13. The largest absolute Gasteiger partial charge is 0.433 e. The Hall–Kier alpha value is -1.56. The number of nitrogens with zero attached hydrogens (tertiary/aromatic N) is 1. The molecule has 0 bridgehead atoms. The molecule has 1 aromatic rings. The number of hydrogen-bond acceptors (Lipinski definition) is 4. The number of rotatable bonds is 5. The molecule has 0 spiro atoms. The van der Waals surface area contributed by atoms with Crippen LogP contribution < -0.4 is 5.32 Å². The molecule has 17 heavy (non-hydrogen) atoms. The molecule has 1 atom stereocenters. The van der Waals surface area contributed by atoms with E-state index in [1.165, 1.54) is 6.07 Å². The third kappa shape index (κ3) is 3.74. The van der Waals surface area contributed by atoms with E-state index in [9.17, 15) is 14.9 Å². The van der Waals surface area contributed by atoms with E-state index in [-0.39, 0.29) is 23.6 Å². The number of nitrogens with one attached hydrogen (secondary N) is 1. The number of amides is 1. The first kappa shape index (κ1) is 13.5. The molecule has 6 nitrogen and oxygen atoms in total. The third-order valence-electron chi connectivity index (χ3n) is 2.18. The highest BCUT2D eigenvalue weighted by atomic mass is 35.5. The monoisotopic (exact) mass is 260 g/mol. The molecular weight excluding hydrogens is 248 g/mol. The van der Waals surface area contributed by atoms with Crippen molar-refractivity contribution in [2.45, 2.75) is 19.2 Å². The molecule has 0 fully saturated rings. The van der Waals surface area contributed by atoms with Crippen LogP contribution in [-0.4, -0.2) is 22.8 Å². The molecule has 0 aliphatic rings. The van der Waals surface area contributed by atoms with E-state index in [0.717, 1.165) is 6.07 Å². The van der Waals surface area contributed by atoms with Gasteiger partial charge in [-0.05, 0) is 12.0 Å². The van der Waals surface area contributed by atoms with Gasteiger partial charge in [-0.15, -0.1) is 11.6 Å². The van der Waals surface area contributed by atoms with Crippen molar-refractivity contribution in [2.75, 3.05) is 6.54 Å². The van der Waals surface area contributed by atoms with Crippen molar-refractivity contribution in [3.8, 4) is 0 Å². The minimum Gasteiger partial charge on any atom is -0.395 e. The fourth-order valence-corrected chi connectivity index (χ4v) is 1.14. The maximum absolute atomic E-state index is 11.5. The molecule has 0 aliphatic heterocycles. The van der Waals surface area contributed by atoms with E-state index < -0.39 is 16.7 Å². The second kappa shape index (κ2) is 5.67. The second-order valence-electron chi connectivity index (χ2n) is 3.87. The molecule has 0 radical (unpaired) electrons. The molecule has 0 saturated heterocycles. The Kier molecular flexibility index (Phi) is 4.51. The van der Waals surface area contributed by atoms with Gasteiger partial charge in [0.1, 0.15) is 4.92 Å². The Morgan fingerprint density at radius 2 is 2.24 bits per heavy atom. The van der Waals surface area contributed by atoms with Crippen LogP contribution in [0.25, 0.3) is 0 Å². The number of carbonyl (C=O) groups is 1. The van der Waals surface area contributed by atoms with Crippen LogP contribution in [0.5, 0.6) is 0 Å². The summed E-state index contributed by atoms with van der Waals surface area (Å²) < 4.78 is 4.75. The van der Waals surface area contributed by atoms with Crippen LogP contribution >= 0.6 is 11.6 Å². The van der Waals surface area contributed by atoms with Crippen molar-refractivity contribution in [1.82, 2.24) is 5.32 Å². The van der Waals surface area contributed by atoms with Gasteiger partial charge in [0.25, 0.3) is 5.91 Å². The summed E-state index contributed by atoms with van der Waals surface area (Å²) in [6, 6.07) is 2.39. The van der Waals surface area contributed by atoms with Gasteiger partial charge in [0.15, 0.2) is 5.76 Å². The Balaban J connectivity index is 2.55. The number of hydrogen-bond donors (Lipinski definition) is 1. The van der Waals surface area contributed by atoms with Gasteiger partial charge in [0.2, 0.25) is 0 Å². The lowest BCUT2D eigenvalue weighted by Crippen LogP contribution is -2.31. The molecular formula is C10H13ClN2O4. The van der Waals surface area contributed by atoms with Crippen molar-refractivity contribution in [2.24, 2.45) is 5.92 Å². The summed E-state index contributed by atoms with van der Waals surface area (Å²) in [7, 11) is 0. The molecule has 1 unspecified atom stereocenters. The van der Waals surface area contributed by atoms with Crippen LogP contribution in [0.1, 0.15) is 24.4 Å². The van der Waals surface area contributed by atoms with Crippen molar-refractivity contribution in [3.05, 3.63) is 28.0 Å². The van der Waals surface area contributed by atoms with E-state index in [1.807, 2.05) is 13.8 Å². The summed E-state index contributed by atoms with van der Waals surface area (Å²) in [6.07, 6.45) is 0. The van der Waals surface area contributed by atoms with Crippen molar-refractivity contribution < 1.29 is 14.1 Å². The Morgan fingerprint density at radius 3 is 2.71 bits per heavy atom. The van der Waals surface area contributed by atoms with Gasteiger partial charge >= 0.3 is 5.88 Å². The Morgan fingerprint density at radius 1 is 1.59 bits per heavy atom. The first-order chi connectivity index (χ1) is 7.91. The molecule has 0 aliphatic carbocycles. The maximum atomic E-state index is 11.5. The Labute approximate surface area is 103 Å². The summed E-state index contributed by atoms with van der Waals surface area (Å²) in [5.41, 5.74) is 0. The molecule has 1 heterocycles. The van der Waals surface area contributed by atoms with Crippen LogP contribution in [-0.2, 0) is 0 Å². The average molecular weight is 261 g/mol. The highest BCUT2D eigenvalue weighted by Crippen LogP contribution is 2.15. The SMILES string of the molecule is CC(C)C(Cl)CNC(=O)c1ccc([N+](=O)[O-])o1. The molecule has 0 aromatic carbocycles. The number of halogens is 1. The highest BCUT2D eigenvalue weighted by molar-refractivity contribution is 6.21. The normalized spacial score (nSPS) is 12.5.